The Morgan fingerprint density at radius 2 is 1.41 bits per heavy atom. The van der Waals surface area contributed by atoms with Crippen molar-refractivity contribution in [2.75, 3.05) is 38.4 Å². The third-order valence-electron chi connectivity index (χ3n) is 4.77. The van der Waals surface area contributed by atoms with Crippen molar-refractivity contribution in [3.63, 3.8) is 0 Å². The van der Waals surface area contributed by atoms with Crippen molar-refractivity contribution in [1.82, 2.24) is 5.32 Å². The maximum absolute atomic E-state index is 11.8. The van der Waals surface area contributed by atoms with Crippen molar-refractivity contribution >= 4 is 23.6 Å². The molecule has 0 bridgehead atoms. The molecule has 1 N–H and O–H groups in total. The van der Waals surface area contributed by atoms with Crippen molar-refractivity contribution in [2.24, 2.45) is 0 Å². The van der Waals surface area contributed by atoms with Crippen LogP contribution in [0, 0.1) is 0 Å². The van der Waals surface area contributed by atoms with E-state index < -0.39 is 0 Å². The first kappa shape index (κ1) is 28.2. The van der Waals surface area contributed by atoms with Crippen LogP contribution in [0.2, 0.25) is 0 Å². The molecule has 0 aromatic heterocycles. The second-order valence-electron chi connectivity index (χ2n) is 7.56. The number of amides is 1. The SMILES string of the molecule is CCCCCC(=O)OCCCNC(=O)CCCCCCCCCCSCCOC. The van der Waals surface area contributed by atoms with Gasteiger partial charge in [0.1, 0.15) is 0 Å². The summed E-state index contributed by atoms with van der Waals surface area (Å²) in [6.45, 7) is 3.96. The van der Waals surface area contributed by atoms with Gasteiger partial charge < -0.3 is 14.8 Å². The van der Waals surface area contributed by atoms with Gasteiger partial charge in [0, 0.05) is 32.2 Å². The first-order valence-electron chi connectivity index (χ1n) is 11.7. The molecule has 0 radical (unpaired) electrons. The van der Waals surface area contributed by atoms with Crippen molar-refractivity contribution in [2.45, 2.75) is 96.8 Å². The molecule has 0 aliphatic carbocycles. The first-order valence-corrected chi connectivity index (χ1v) is 12.8. The van der Waals surface area contributed by atoms with Gasteiger partial charge in [-0.25, -0.2) is 0 Å². The summed E-state index contributed by atoms with van der Waals surface area (Å²) in [4.78, 5) is 23.2. The van der Waals surface area contributed by atoms with Crippen molar-refractivity contribution in [3.05, 3.63) is 0 Å². The van der Waals surface area contributed by atoms with Crippen LogP contribution in [-0.2, 0) is 19.1 Å². The number of hydrogen-bond acceptors (Lipinski definition) is 5. The van der Waals surface area contributed by atoms with Crippen LogP contribution >= 0.6 is 11.8 Å². The third-order valence-corrected chi connectivity index (χ3v) is 5.80. The van der Waals surface area contributed by atoms with Gasteiger partial charge in [-0.05, 0) is 31.4 Å². The van der Waals surface area contributed by atoms with Gasteiger partial charge in [-0.3, -0.25) is 9.59 Å². The van der Waals surface area contributed by atoms with Gasteiger partial charge in [0.05, 0.1) is 13.2 Å². The van der Waals surface area contributed by atoms with E-state index in [9.17, 15) is 9.59 Å². The Balaban J connectivity index is 3.23. The summed E-state index contributed by atoms with van der Waals surface area (Å²) < 4.78 is 10.2. The summed E-state index contributed by atoms with van der Waals surface area (Å²) >= 11 is 1.98. The Bertz CT molecular complexity index is 380. The molecule has 0 fully saturated rings. The highest BCUT2D eigenvalue weighted by atomic mass is 32.2. The maximum atomic E-state index is 11.8. The highest BCUT2D eigenvalue weighted by molar-refractivity contribution is 7.99. The number of carbonyl (C=O) groups is 2. The monoisotopic (exact) mass is 431 g/mol. The molecule has 5 nitrogen and oxygen atoms in total. The fourth-order valence-corrected chi connectivity index (χ4v) is 3.86. The van der Waals surface area contributed by atoms with E-state index in [1.54, 1.807) is 7.11 Å². The quantitative estimate of drug-likeness (QED) is 0.181. The van der Waals surface area contributed by atoms with Crippen LogP contribution in [0.3, 0.4) is 0 Å². The minimum Gasteiger partial charge on any atom is -0.466 e. The topological polar surface area (TPSA) is 64.6 Å². The molecule has 0 spiro atoms. The van der Waals surface area contributed by atoms with Crippen LogP contribution in [-0.4, -0.2) is 50.3 Å². The molecule has 172 valence electrons. The van der Waals surface area contributed by atoms with E-state index in [1.807, 2.05) is 11.8 Å². The van der Waals surface area contributed by atoms with Gasteiger partial charge in [-0.15, -0.1) is 0 Å². The van der Waals surface area contributed by atoms with Crippen LogP contribution in [0.25, 0.3) is 0 Å². The molecule has 0 heterocycles. The smallest absolute Gasteiger partial charge is 0.305 e. The summed E-state index contributed by atoms with van der Waals surface area (Å²) in [7, 11) is 1.75. The second-order valence-corrected chi connectivity index (χ2v) is 8.79. The third kappa shape index (κ3) is 23.4. The van der Waals surface area contributed by atoms with Gasteiger partial charge in [0.25, 0.3) is 0 Å². The fourth-order valence-electron chi connectivity index (χ4n) is 2.96. The van der Waals surface area contributed by atoms with Crippen LogP contribution in [0.15, 0.2) is 0 Å². The second kappa shape index (κ2) is 23.5. The fraction of sp³-hybridized carbons (Fsp3) is 0.913. The van der Waals surface area contributed by atoms with E-state index in [1.165, 1.54) is 44.3 Å². The van der Waals surface area contributed by atoms with Crippen LogP contribution in [0.5, 0.6) is 0 Å². The summed E-state index contributed by atoms with van der Waals surface area (Å²) in [5.41, 5.74) is 0. The lowest BCUT2D eigenvalue weighted by atomic mass is 10.1. The minimum atomic E-state index is -0.120. The van der Waals surface area contributed by atoms with E-state index in [4.69, 9.17) is 9.47 Å². The number of carbonyl (C=O) groups excluding carboxylic acids is 2. The van der Waals surface area contributed by atoms with Gasteiger partial charge in [-0.1, -0.05) is 58.3 Å². The summed E-state index contributed by atoms with van der Waals surface area (Å²) in [5.74, 6) is 2.35. The Hall–Kier alpha value is -0.750. The number of hydrogen-bond donors (Lipinski definition) is 1. The molecular formula is C23H45NO4S. The Labute approximate surface area is 183 Å². The molecule has 0 saturated heterocycles. The highest BCUT2D eigenvalue weighted by Gasteiger charge is 2.03. The molecular weight excluding hydrogens is 386 g/mol. The number of rotatable bonds is 22. The number of thioether (sulfide) groups is 1. The number of methoxy groups -OCH3 is 1. The Morgan fingerprint density at radius 3 is 2.10 bits per heavy atom. The molecule has 0 aliphatic heterocycles. The van der Waals surface area contributed by atoms with E-state index in [0.29, 0.717) is 32.4 Å². The van der Waals surface area contributed by atoms with Gasteiger partial charge in [-0.2, -0.15) is 11.8 Å². The lowest BCUT2D eigenvalue weighted by molar-refractivity contribution is -0.143. The molecule has 6 heteroatoms. The molecule has 0 unspecified atom stereocenters. The molecule has 0 aromatic rings. The summed E-state index contributed by atoms with van der Waals surface area (Å²) in [6, 6.07) is 0. The van der Waals surface area contributed by atoms with E-state index in [2.05, 4.69) is 12.2 Å². The van der Waals surface area contributed by atoms with Gasteiger partial charge in [0.2, 0.25) is 5.91 Å². The molecule has 29 heavy (non-hydrogen) atoms. The van der Waals surface area contributed by atoms with Crippen molar-refractivity contribution < 1.29 is 19.1 Å². The van der Waals surface area contributed by atoms with Crippen molar-refractivity contribution in [1.29, 1.82) is 0 Å². The van der Waals surface area contributed by atoms with Crippen LogP contribution in [0.1, 0.15) is 96.8 Å². The highest BCUT2D eigenvalue weighted by Crippen LogP contribution is 2.12. The van der Waals surface area contributed by atoms with Crippen LogP contribution < -0.4 is 5.32 Å². The molecule has 0 atom stereocenters. The summed E-state index contributed by atoms with van der Waals surface area (Å²) in [6.07, 6.45) is 14.8. The Morgan fingerprint density at radius 1 is 0.759 bits per heavy atom. The first-order chi connectivity index (χ1) is 14.2. The molecule has 0 rings (SSSR count). The number of nitrogens with one attached hydrogen (secondary N) is 1. The standard InChI is InChI=1S/C23H45NO4S/c1-3-4-11-16-23(26)28-18-14-17-24-22(25)15-12-9-7-5-6-8-10-13-20-29-21-19-27-2/h3-21H2,1-2H3,(H,24,25). The van der Waals surface area contributed by atoms with Crippen molar-refractivity contribution in [3.8, 4) is 0 Å². The van der Waals surface area contributed by atoms with Gasteiger partial charge >= 0.3 is 5.97 Å². The predicted octanol–water partition coefficient (Wildman–Crippen LogP) is 5.51. The number of ether oxygens (including phenoxy) is 2. The number of unbranched alkanes of at least 4 members (excludes halogenated alkanes) is 9. The maximum Gasteiger partial charge on any atom is 0.305 e. The zero-order chi connectivity index (χ0) is 21.4. The Kier molecular flexibility index (Phi) is 22.9. The zero-order valence-corrected chi connectivity index (χ0v) is 19.8. The molecule has 0 aromatic carbocycles. The van der Waals surface area contributed by atoms with Crippen LogP contribution in [0.4, 0.5) is 0 Å². The van der Waals surface area contributed by atoms with E-state index >= 15 is 0 Å². The molecule has 0 aliphatic rings. The zero-order valence-electron chi connectivity index (χ0n) is 19.0. The van der Waals surface area contributed by atoms with E-state index in [0.717, 1.165) is 44.5 Å². The lowest BCUT2D eigenvalue weighted by Gasteiger charge is -2.07. The average Bonchev–Trinajstić information content (AvgIpc) is 2.71. The lowest BCUT2D eigenvalue weighted by Crippen LogP contribution is -2.25. The predicted molar refractivity (Wildman–Crippen MR) is 123 cm³/mol. The van der Waals surface area contributed by atoms with Gasteiger partial charge in [0.15, 0.2) is 0 Å². The molecule has 0 saturated carbocycles. The number of esters is 1. The normalized spacial score (nSPS) is 10.8. The summed E-state index contributed by atoms with van der Waals surface area (Å²) in [5, 5.41) is 2.91. The largest absolute Gasteiger partial charge is 0.466 e. The minimum absolute atomic E-state index is 0.116. The van der Waals surface area contributed by atoms with E-state index in [-0.39, 0.29) is 11.9 Å². The molecule has 1 amide bonds. The average molecular weight is 432 g/mol.